The number of hydrogen-bond donors (Lipinski definition) is 0. The van der Waals surface area contributed by atoms with Crippen molar-refractivity contribution in [3.63, 3.8) is 0 Å². The molecule has 0 aliphatic rings. The topological polar surface area (TPSA) is 14.1 Å². The van der Waals surface area contributed by atoms with E-state index in [-0.39, 0.29) is 34.1 Å². The van der Waals surface area contributed by atoms with Gasteiger partial charge in [0.05, 0.1) is 0 Å². The molecule has 0 N–H and O–H groups in total. The standard InChI is InChI=1S/C36H74N.ClH.Ti/c1-3-5-7-9-11-13-15-17-19-21-23-25-27-29-31-33-35-37-36-34-32-30-28-26-24-22-20-18-16-14-12-10-8-6-4-2;;/h3-36H2,1-2H3;1H;/q-1;;. The summed E-state index contributed by atoms with van der Waals surface area (Å²) in [6, 6.07) is 0. The first-order valence-corrected chi connectivity index (χ1v) is 18.0. The molecule has 1 nitrogen and oxygen atoms in total. The Labute approximate surface area is 270 Å². The van der Waals surface area contributed by atoms with Crippen molar-refractivity contribution in [1.29, 1.82) is 0 Å². The Morgan fingerprint density at radius 1 is 0.256 bits per heavy atom. The molecule has 0 heterocycles. The zero-order valence-electron chi connectivity index (χ0n) is 27.4. The molecule has 0 saturated heterocycles. The van der Waals surface area contributed by atoms with Crippen LogP contribution in [0.15, 0.2) is 0 Å². The summed E-state index contributed by atoms with van der Waals surface area (Å²) in [5, 5.41) is 4.78. The van der Waals surface area contributed by atoms with Crippen LogP contribution in [0.5, 0.6) is 0 Å². The van der Waals surface area contributed by atoms with E-state index in [1.54, 1.807) is 0 Å². The van der Waals surface area contributed by atoms with Crippen molar-refractivity contribution in [3.05, 3.63) is 5.32 Å². The predicted molar refractivity (Wildman–Crippen MR) is 179 cm³/mol. The van der Waals surface area contributed by atoms with Crippen molar-refractivity contribution in [2.75, 3.05) is 13.1 Å². The van der Waals surface area contributed by atoms with Gasteiger partial charge < -0.3 is 5.32 Å². The minimum Gasteiger partial charge on any atom is -0.662 e. The minimum atomic E-state index is 0. The molecule has 0 aliphatic carbocycles. The monoisotopic (exact) mass is 605 g/mol. The van der Waals surface area contributed by atoms with E-state index in [4.69, 9.17) is 5.32 Å². The summed E-state index contributed by atoms with van der Waals surface area (Å²) in [6.07, 6.45) is 46.4. The Bertz CT molecular complexity index is 345. The molecule has 0 aromatic heterocycles. The van der Waals surface area contributed by atoms with E-state index < -0.39 is 0 Å². The fourth-order valence-electron chi connectivity index (χ4n) is 5.66. The van der Waals surface area contributed by atoms with Crippen LogP contribution in [-0.4, -0.2) is 13.1 Å². The maximum absolute atomic E-state index is 4.78. The number of rotatable bonds is 34. The van der Waals surface area contributed by atoms with Crippen LogP contribution < -0.4 is 0 Å². The molecule has 0 radical (unpaired) electrons. The second-order valence-corrected chi connectivity index (χ2v) is 12.3. The van der Waals surface area contributed by atoms with E-state index in [0.29, 0.717) is 0 Å². The molecule has 0 fully saturated rings. The van der Waals surface area contributed by atoms with Gasteiger partial charge in [0.15, 0.2) is 0 Å². The fourth-order valence-corrected chi connectivity index (χ4v) is 5.66. The number of halogens is 1. The van der Waals surface area contributed by atoms with Gasteiger partial charge in [0.25, 0.3) is 0 Å². The number of unbranched alkanes of at least 4 members (excludes halogenated alkanes) is 30. The number of hydrogen-bond acceptors (Lipinski definition) is 0. The van der Waals surface area contributed by atoms with E-state index in [1.807, 2.05) is 0 Å². The van der Waals surface area contributed by atoms with Crippen LogP contribution in [0.2, 0.25) is 0 Å². The van der Waals surface area contributed by atoms with Gasteiger partial charge >= 0.3 is 0 Å². The van der Waals surface area contributed by atoms with Gasteiger partial charge in [0.1, 0.15) is 0 Å². The van der Waals surface area contributed by atoms with Gasteiger partial charge in [-0.05, 0) is 0 Å². The first-order valence-electron chi connectivity index (χ1n) is 18.0. The van der Waals surface area contributed by atoms with Crippen molar-refractivity contribution in [1.82, 2.24) is 0 Å². The maximum atomic E-state index is 4.78. The van der Waals surface area contributed by atoms with Gasteiger partial charge in [0.2, 0.25) is 0 Å². The zero-order chi connectivity index (χ0) is 26.7. The smallest absolute Gasteiger partial charge is 0 e. The third-order valence-corrected chi connectivity index (χ3v) is 8.34. The van der Waals surface area contributed by atoms with Crippen LogP contribution in [0.1, 0.15) is 219 Å². The van der Waals surface area contributed by atoms with Crippen LogP contribution >= 0.6 is 12.4 Å². The second kappa shape index (κ2) is 43.4. The molecular weight excluding hydrogens is 530 g/mol. The largest absolute Gasteiger partial charge is 0.662 e. The SMILES string of the molecule is CCCCCCCCCCCCCCCCCC[N-]CCCCCCCCCCCCCCCCCC.Cl.[Ti]. The first kappa shape index (κ1) is 44.4. The van der Waals surface area contributed by atoms with Crippen molar-refractivity contribution < 1.29 is 21.7 Å². The number of nitrogens with zero attached hydrogens (tertiary/aromatic N) is 1. The van der Waals surface area contributed by atoms with Crippen LogP contribution in [0, 0.1) is 0 Å². The molecular formula is C36H75ClNTi-. The Morgan fingerprint density at radius 3 is 0.590 bits per heavy atom. The fraction of sp³-hybridized carbons (Fsp3) is 1.00. The van der Waals surface area contributed by atoms with E-state index in [9.17, 15) is 0 Å². The van der Waals surface area contributed by atoms with Gasteiger partial charge in [-0.15, -0.1) is 25.5 Å². The van der Waals surface area contributed by atoms with Crippen molar-refractivity contribution in [2.24, 2.45) is 0 Å². The molecule has 3 heteroatoms. The summed E-state index contributed by atoms with van der Waals surface area (Å²) in [5.74, 6) is 0. The molecule has 0 aliphatic heterocycles. The molecule has 0 saturated carbocycles. The molecule has 0 unspecified atom stereocenters. The summed E-state index contributed by atoms with van der Waals surface area (Å²) in [6.45, 7) is 6.85. The van der Waals surface area contributed by atoms with E-state index in [1.165, 1.54) is 205 Å². The quantitative estimate of drug-likeness (QED) is 0.0512. The van der Waals surface area contributed by atoms with Crippen LogP contribution in [0.4, 0.5) is 0 Å². The van der Waals surface area contributed by atoms with Gasteiger partial charge in [-0.2, -0.15) is 0 Å². The molecule has 0 amide bonds. The van der Waals surface area contributed by atoms with Gasteiger partial charge in [-0.1, -0.05) is 219 Å². The second-order valence-electron chi connectivity index (χ2n) is 12.3. The van der Waals surface area contributed by atoms with Gasteiger partial charge in [-0.25, -0.2) is 0 Å². The molecule has 0 aromatic rings. The maximum Gasteiger partial charge on any atom is 0 e. The molecule has 0 aromatic carbocycles. The van der Waals surface area contributed by atoms with Crippen molar-refractivity contribution in [3.8, 4) is 0 Å². The molecule has 0 bridgehead atoms. The molecule has 39 heavy (non-hydrogen) atoms. The summed E-state index contributed by atoms with van der Waals surface area (Å²) in [7, 11) is 0. The summed E-state index contributed by atoms with van der Waals surface area (Å²) < 4.78 is 0. The average Bonchev–Trinajstić information content (AvgIpc) is 2.91. The zero-order valence-corrected chi connectivity index (χ0v) is 29.8. The Kier molecular flexibility index (Phi) is 49.4. The summed E-state index contributed by atoms with van der Waals surface area (Å²) in [5.41, 5.74) is 0. The van der Waals surface area contributed by atoms with Crippen LogP contribution in [0.25, 0.3) is 5.32 Å². The molecule has 0 atom stereocenters. The Hall–Kier alpha value is 0.964. The van der Waals surface area contributed by atoms with Crippen molar-refractivity contribution in [2.45, 2.75) is 219 Å². The summed E-state index contributed by atoms with van der Waals surface area (Å²) >= 11 is 0. The average molecular weight is 605 g/mol. The molecule has 0 spiro atoms. The third-order valence-electron chi connectivity index (χ3n) is 8.34. The van der Waals surface area contributed by atoms with E-state index in [2.05, 4.69) is 13.8 Å². The molecule has 0 rings (SSSR count). The predicted octanol–water partition coefficient (Wildman–Crippen LogP) is 14.3. The minimum absolute atomic E-state index is 0. The summed E-state index contributed by atoms with van der Waals surface area (Å²) in [4.78, 5) is 0. The normalized spacial score (nSPS) is 10.9. The van der Waals surface area contributed by atoms with Gasteiger partial charge in [0, 0.05) is 21.7 Å². The molecule has 236 valence electrons. The van der Waals surface area contributed by atoms with E-state index >= 15 is 0 Å². The Morgan fingerprint density at radius 2 is 0.410 bits per heavy atom. The van der Waals surface area contributed by atoms with Crippen LogP contribution in [0.3, 0.4) is 0 Å². The Balaban J connectivity index is -0.00000648. The van der Waals surface area contributed by atoms with Gasteiger partial charge in [-0.3, -0.25) is 0 Å². The van der Waals surface area contributed by atoms with Crippen LogP contribution in [-0.2, 0) is 21.7 Å². The van der Waals surface area contributed by atoms with E-state index in [0.717, 1.165) is 13.1 Å². The third kappa shape index (κ3) is 43.5. The van der Waals surface area contributed by atoms with Crippen molar-refractivity contribution >= 4 is 12.4 Å². The first-order chi connectivity index (χ1) is 18.4.